The molecule has 1 atom stereocenters. The van der Waals surface area contributed by atoms with Crippen molar-refractivity contribution in [3.63, 3.8) is 0 Å². The Morgan fingerprint density at radius 1 is 1.08 bits per heavy atom. The molecule has 0 radical (unpaired) electrons. The number of carbonyl (C=O) groups excluding carboxylic acids is 1. The molecule has 122 valence electrons. The summed E-state index contributed by atoms with van der Waals surface area (Å²) in [7, 11) is 0. The molecule has 5 heteroatoms. The Bertz CT molecular complexity index is 810. The molecule has 1 amide bonds. The maximum atomic E-state index is 13.1. The fraction of sp³-hybridized carbons (Fsp3) is 0.316. The average molecular weight is 320 g/mol. The van der Waals surface area contributed by atoms with E-state index in [1.165, 1.54) is 0 Å². The van der Waals surface area contributed by atoms with Gasteiger partial charge in [0.25, 0.3) is 5.91 Å². The lowest BCUT2D eigenvalue weighted by molar-refractivity contribution is 0.0675. The molecule has 3 aromatic heterocycles. The van der Waals surface area contributed by atoms with Crippen molar-refractivity contribution in [3.8, 4) is 0 Å². The summed E-state index contributed by atoms with van der Waals surface area (Å²) < 4.78 is 1.90. The van der Waals surface area contributed by atoms with Gasteiger partial charge in [0.2, 0.25) is 0 Å². The fourth-order valence-corrected chi connectivity index (χ4v) is 3.47. The number of hydrogen-bond donors (Lipinski definition) is 0. The van der Waals surface area contributed by atoms with Gasteiger partial charge in [-0.2, -0.15) is 0 Å². The molecular weight excluding hydrogens is 300 g/mol. The van der Waals surface area contributed by atoms with Crippen LogP contribution in [0, 0.1) is 0 Å². The minimum absolute atomic E-state index is 0.0161. The van der Waals surface area contributed by atoms with Gasteiger partial charge in [-0.15, -0.1) is 0 Å². The molecule has 1 aliphatic rings. The first kappa shape index (κ1) is 14.9. The minimum Gasteiger partial charge on any atom is -0.330 e. The average Bonchev–Trinajstić information content (AvgIpc) is 2.91. The lowest BCUT2D eigenvalue weighted by atomic mass is 10.0. The van der Waals surface area contributed by atoms with Crippen LogP contribution in [0.3, 0.4) is 0 Å². The van der Waals surface area contributed by atoms with Crippen LogP contribution in [0.25, 0.3) is 5.65 Å². The first-order valence-corrected chi connectivity index (χ1v) is 8.47. The standard InChI is InChI=1S/C19H20N4O/c24-19(16-14-22-12-5-3-7-18(22)21-16)23-13-4-1-2-6-17(23)15-8-10-20-11-9-15/h3,5,7-12,14,17H,1-2,4,6,13H2/t17-/m1/s1. The first-order chi connectivity index (χ1) is 11.8. The van der Waals surface area contributed by atoms with Gasteiger partial charge in [0, 0.05) is 31.3 Å². The molecule has 1 fully saturated rings. The van der Waals surface area contributed by atoms with Gasteiger partial charge >= 0.3 is 0 Å². The Morgan fingerprint density at radius 2 is 1.96 bits per heavy atom. The van der Waals surface area contributed by atoms with E-state index in [2.05, 4.69) is 9.97 Å². The molecule has 1 aliphatic heterocycles. The third kappa shape index (κ3) is 2.77. The van der Waals surface area contributed by atoms with Crippen molar-refractivity contribution >= 4 is 11.6 Å². The number of likely N-dealkylation sites (tertiary alicyclic amines) is 1. The second-order valence-corrected chi connectivity index (χ2v) is 6.24. The molecule has 24 heavy (non-hydrogen) atoms. The highest BCUT2D eigenvalue weighted by atomic mass is 16.2. The van der Waals surface area contributed by atoms with Crippen molar-refractivity contribution in [3.05, 3.63) is 66.4 Å². The fourth-order valence-electron chi connectivity index (χ4n) is 3.47. The quantitative estimate of drug-likeness (QED) is 0.726. The summed E-state index contributed by atoms with van der Waals surface area (Å²) in [5, 5.41) is 0. The van der Waals surface area contributed by atoms with Crippen LogP contribution in [-0.2, 0) is 0 Å². The molecule has 5 nitrogen and oxygen atoms in total. The van der Waals surface area contributed by atoms with Crippen LogP contribution in [0.4, 0.5) is 0 Å². The summed E-state index contributed by atoms with van der Waals surface area (Å²) in [6.07, 6.45) is 11.7. The third-order valence-corrected chi connectivity index (χ3v) is 4.69. The van der Waals surface area contributed by atoms with Gasteiger partial charge in [0.1, 0.15) is 11.3 Å². The van der Waals surface area contributed by atoms with Crippen molar-refractivity contribution < 1.29 is 4.79 Å². The number of hydrogen-bond acceptors (Lipinski definition) is 3. The van der Waals surface area contributed by atoms with Gasteiger partial charge in [-0.05, 0) is 42.7 Å². The summed E-state index contributed by atoms with van der Waals surface area (Å²) in [4.78, 5) is 23.7. The zero-order valence-electron chi connectivity index (χ0n) is 13.5. The highest BCUT2D eigenvalue weighted by molar-refractivity contribution is 5.93. The second kappa shape index (κ2) is 6.43. The Labute approximate surface area is 141 Å². The number of rotatable bonds is 2. The zero-order chi connectivity index (χ0) is 16.4. The maximum Gasteiger partial charge on any atom is 0.274 e. The molecule has 0 aliphatic carbocycles. The van der Waals surface area contributed by atoms with Crippen molar-refractivity contribution in [2.75, 3.05) is 6.54 Å². The Kier molecular flexibility index (Phi) is 3.99. The molecule has 1 saturated heterocycles. The number of pyridine rings is 2. The first-order valence-electron chi connectivity index (χ1n) is 8.47. The molecular formula is C19H20N4O. The Balaban J connectivity index is 1.69. The largest absolute Gasteiger partial charge is 0.330 e. The third-order valence-electron chi connectivity index (χ3n) is 4.69. The topological polar surface area (TPSA) is 50.5 Å². The lowest BCUT2D eigenvalue weighted by Gasteiger charge is -2.29. The summed E-state index contributed by atoms with van der Waals surface area (Å²) in [6.45, 7) is 0.777. The van der Waals surface area contributed by atoms with Crippen LogP contribution in [0.15, 0.2) is 55.1 Å². The molecule has 0 N–H and O–H groups in total. The highest BCUT2D eigenvalue weighted by Gasteiger charge is 2.28. The molecule has 4 rings (SSSR count). The van der Waals surface area contributed by atoms with Gasteiger partial charge in [-0.1, -0.05) is 18.9 Å². The van der Waals surface area contributed by atoms with Crippen LogP contribution < -0.4 is 0 Å². The van der Waals surface area contributed by atoms with Crippen molar-refractivity contribution in [2.24, 2.45) is 0 Å². The summed E-state index contributed by atoms with van der Waals surface area (Å²) >= 11 is 0. The van der Waals surface area contributed by atoms with Gasteiger partial charge < -0.3 is 9.30 Å². The summed E-state index contributed by atoms with van der Waals surface area (Å²) in [5.74, 6) is 0.0161. The van der Waals surface area contributed by atoms with Crippen LogP contribution in [0.1, 0.15) is 47.8 Å². The molecule has 4 heterocycles. The number of fused-ring (bicyclic) bond motifs is 1. The van der Waals surface area contributed by atoms with E-state index in [9.17, 15) is 4.79 Å². The smallest absolute Gasteiger partial charge is 0.274 e. The molecule has 0 bridgehead atoms. The predicted octanol–water partition coefficient (Wildman–Crippen LogP) is 3.49. The van der Waals surface area contributed by atoms with Crippen LogP contribution >= 0.6 is 0 Å². The van der Waals surface area contributed by atoms with E-state index in [0.29, 0.717) is 5.69 Å². The van der Waals surface area contributed by atoms with Crippen LogP contribution in [-0.4, -0.2) is 31.7 Å². The minimum atomic E-state index is 0.0161. The lowest BCUT2D eigenvalue weighted by Crippen LogP contribution is -2.35. The number of nitrogens with zero attached hydrogens (tertiary/aromatic N) is 4. The summed E-state index contributed by atoms with van der Waals surface area (Å²) in [6, 6.07) is 9.92. The molecule has 3 aromatic rings. The van der Waals surface area contributed by atoms with E-state index in [1.54, 1.807) is 12.4 Å². The monoisotopic (exact) mass is 320 g/mol. The van der Waals surface area contributed by atoms with Crippen molar-refractivity contribution in [1.29, 1.82) is 0 Å². The summed E-state index contributed by atoms with van der Waals surface area (Å²) in [5.41, 5.74) is 2.47. The van der Waals surface area contributed by atoms with E-state index in [0.717, 1.165) is 43.4 Å². The van der Waals surface area contributed by atoms with Crippen molar-refractivity contribution in [2.45, 2.75) is 31.7 Å². The van der Waals surface area contributed by atoms with E-state index < -0.39 is 0 Å². The zero-order valence-corrected chi connectivity index (χ0v) is 13.5. The second-order valence-electron chi connectivity index (χ2n) is 6.24. The number of imidazole rings is 1. The van der Waals surface area contributed by atoms with E-state index in [-0.39, 0.29) is 11.9 Å². The number of amides is 1. The Morgan fingerprint density at radius 3 is 2.79 bits per heavy atom. The molecule has 0 unspecified atom stereocenters. The van der Waals surface area contributed by atoms with Crippen LogP contribution in [0.2, 0.25) is 0 Å². The highest BCUT2D eigenvalue weighted by Crippen LogP contribution is 2.31. The number of carbonyl (C=O) groups is 1. The molecule has 0 saturated carbocycles. The van der Waals surface area contributed by atoms with Gasteiger partial charge in [-0.3, -0.25) is 9.78 Å². The van der Waals surface area contributed by atoms with Crippen molar-refractivity contribution in [1.82, 2.24) is 19.3 Å². The normalized spacial score (nSPS) is 18.5. The predicted molar refractivity (Wildman–Crippen MR) is 91.7 cm³/mol. The SMILES string of the molecule is O=C(c1cn2ccccc2n1)N1CCCCC[C@@H]1c1ccncc1. The molecule has 0 aromatic carbocycles. The van der Waals surface area contributed by atoms with E-state index in [1.807, 2.05) is 52.0 Å². The van der Waals surface area contributed by atoms with E-state index >= 15 is 0 Å². The van der Waals surface area contributed by atoms with Gasteiger partial charge in [0.15, 0.2) is 0 Å². The Hall–Kier alpha value is -2.69. The van der Waals surface area contributed by atoms with Crippen LogP contribution in [0.5, 0.6) is 0 Å². The molecule has 0 spiro atoms. The van der Waals surface area contributed by atoms with E-state index in [4.69, 9.17) is 0 Å². The maximum absolute atomic E-state index is 13.1. The van der Waals surface area contributed by atoms with Gasteiger partial charge in [-0.25, -0.2) is 4.98 Å². The van der Waals surface area contributed by atoms with Gasteiger partial charge in [0.05, 0.1) is 6.04 Å². The number of aromatic nitrogens is 3.